The van der Waals surface area contributed by atoms with Crippen LogP contribution in [0.2, 0.25) is 0 Å². The molecule has 2 aromatic rings. The Morgan fingerprint density at radius 3 is 2.65 bits per heavy atom. The van der Waals surface area contributed by atoms with E-state index < -0.39 is 11.6 Å². The van der Waals surface area contributed by atoms with E-state index in [0.29, 0.717) is 5.56 Å². The molecular weight excluding hydrogens is 256 g/mol. The van der Waals surface area contributed by atoms with Crippen LogP contribution < -0.4 is 5.32 Å². The maximum atomic E-state index is 14.3. The van der Waals surface area contributed by atoms with Crippen LogP contribution in [0.1, 0.15) is 29.7 Å². The number of rotatable bonds is 1. The van der Waals surface area contributed by atoms with Crippen molar-refractivity contribution < 1.29 is 8.78 Å². The van der Waals surface area contributed by atoms with Crippen LogP contribution in [0.25, 0.3) is 0 Å². The van der Waals surface area contributed by atoms with Gasteiger partial charge in [-0.2, -0.15) is 0 Å². The van der Waals surface area contributed by atoms with Crippen LogP contribution in [0.4, 0.5) is 14.5 Å². The monoisotopic (exact) mass is 273 g/mol. The zero-order valence-electron chi connectivity index (χ0n) is 11.6. The van der Waals surface area contributed by atoms with Gasteiger partial charge in [0.1, 0.15) is 11.6 Å². The van der Waals surface area contributed by atoms with Gasteiger partial charge in [0.05, 0.1) is 6.04 Å². The summed E-state index contributed by atoms with van der Waals surface area (Å²) in [6.45, 7) is 3.69. The predicted molar refractivity (Wildman–Crippen MR) is 76.8 cm³/mol. The van der Waals surface area contributed by atoms with Gasteiger partial charge >= 0.3 is 0 Å². The zero-order valence-corrected chi connectivity index (χ0v) is 11.6. The van der Waals surface area contributed by atoms with E-state index in [1.54, 1.807) is 6.92 Å². The van der Waals surface area contributed by atoms with Crippen LogP contribution in [0.15, 0.2) is 36.4 Å². The van der Waals surface area contributed by atoms with Crippen LogP contribution in [-0.2, 0) is 6.42 Å². The zero-order chi connectivity index (χ0) is 14.3. The Balaban J connectivity index is 2.06. The normalized spacial score (nSPS) is 21.2. The van der Waals surface area contributed by atoms with Crippen molar-refractivity contribution in [2.75, 3.05) is 5.32 Å². The fourth-order valence-corrected chi connectivity index (χ4v) is 2.93. The summed E-state index contributed by atoms with van der Waals surface area (Å²) in [5.41, 5.74) is 2.81. The topological polar surface area (TPSA) is 12.0 Å². The first kappa shape index (κ1) is 13.1. The van der Waals surface area contributed by atoms with Gasteiger partial charge in [-0.15, -0.1) is 0 Å². The highest BCUT2D eigenvalue weighted by atomic mass is 19.1. The molecule has 1 heterocycles. The molecule has 0 bridgehead atoms. The molecule has 3 rings (SSSR count). The van der Waals surface area contributed by atoms with Crippen molar-refractivity contribution in [1.82, 2.24) is 0 Å². The lowest BCUT2D eigenvalue weighted by Gasteiger charge is -2.33. The molecule has 1 aliphatic rings. The third kappa shape index (κ3) is 2.07. The molecule has 0 spiro atoms. The van der Waals surface area contributed by atoms with E-state index in [-0.39, 0.29) is 17.5 Å². The summed E-state index contributed by atoms with van der Waals surface area (Å²) in [5, 5.41) is 3.29. The fourth-order valence-electron chi connectivity index (χ4n) is 2.93. The van der Waals surface area contributed by atoms with Crippen LogP contribution in [0.3, 0.4) is 0 Å². The Kier molecular flexibility index (Phi) is 3.20. The number of aryl methyl sites for hydroxylation is 1. The summed E-state index contributed by atoms with van der Waals surface area (Å²) in [4.78, 5) is 0. The summed E-state index contributed by atoms with van der Waals surface area (Å²) >= 11 is 0. The van der Waals surface area contributed by atoms with Crippen LogP contribution in [0, 0.1) is 24.5 Å². The first-order valence-corrected chi connectivity index (χ1v) is 6.87. The molecule has 3 heteroatoms. The molecule has 104 valence electrons. The van der Waals surface area contributed by atoms with Crippen LogP contribution in [-0.4, -0.2) is 0 Å². The lowest BCUT2D eigenvalue weighted by molar-refractivity contribution is 0.435. The maximum Gasteiger partial charge on any atom is 0.134 e. The Labute approximate surface area is 117 Å². The van der Waals surface area contributed by atoms with Gasteiger partial charge in [-0.05, 0) is 42.5 Å². The van der Waals surface area contributed by atoms with Gasteiger partial charge in [0, 0.05) is 11.3 Å². The maximum absolute atomic E-state index is 14.3. The molecule has 1 N–H and O–H groups in total. The summed E-state index contributed by atoms with van der Waals surface area (Å²) < 4.78 is 28.4. The number of anilines is 1. The van der Waals surface area contributed by atoms with Gasteiger partial charge in [-0.1, -0.05) is 31.2 Å². The molecule has 0 saturated carbocycles. The fraction of sp³-hybridized carbons (Fsp3) is 0.294. The van der Waals surface area contributed by atoms with E-state index in [4.69, 9.17) is 0 Å². The lowest BCUT2D eigenvalue weighted by Crippen LogP contribution is -2.28. The van der Waals surface area contributed by atoms with E-state index in [1.165, 1.54) is 17.7 Å². The van der Waals surface area contributed by atoms with Gasteiger partial charge < -0.3 is 5.32 Å². The first-order valence-electron chi connectivity index (χ1n) is 6.87. The van der Waals surface area contributed by atoms with Crippen LogP contribution >= 0.6 is 0 Å². The minimum Gasteiger partial charge on any atom is -0.378 e. The standard InChI is InChI=1S/C17H17F2N/c1-10-7-8-13(18)15(16(10)19)17-11(2)9-12-5-3-4-6-14(12)20-17/h3-8,11,17,20H,9H2,1-2H3. The SMILES string of the molecule is Cc1ccc(F)c(C2Nc3ccccc3CC2C)c1F. The van der Waals surface area contributed by atoms with E-state index in [0.717, 1.165) is 12.1 Å². The van der Waals surface area contributed by atoms with Crippen molar-refractivity contribution in [1.29, 1.82) is 0 Å². The number of halogens is 2. The van der Waals surface area contributed by atoms with Gasteiger partial charge in [0.2, 0.25) is 0 Å². The third-order valence-electron chi connectivity index (χ3n) is 4.07. The molecule has 0 saturated heterocycles. The molecule has 0 aromatic heterocycles. The lowest BCUT2D eigenvalue weighted by atomic mass is 9.84. The Hall–Kier alpha value is -1.90. The van der Waals surface area contributed by atoms with Crippen molar-refractivity contribution >= 4 is 5.69 Å². The molecule has 2 atom stereocenters. The number of nitrogens with one attached hydrogen (secondary N) is 1. The second-order valence-corrected chi connectivity index (χ2v) is 5.55. The molecule has 0 aliphatic carbocycles. The molecule has 2 unspecified atom stereocenters. The largest absolute Gasteiger partial charge is 0.378 e. The highest BCUT2D eigenvalue weighted by Crippen LogP contribution is 2.38. The number of hydrogen-bond acceptors (Lipinski definition) is 1. The van der Waals surface area contributed by atoms with Crippen molar-refractivity contribution in [3.63, 3.8) is 0 Å². The minimum absolute atomic E-state index is 0.135. The molecule has 1 nitrogen and oxygen atoms in total. The summed E-state index contributed by atoms with van der Waals surface area (Å²) in [7, 11) is 0. The summed E-state index contributed by atoms with van der Waals surface area (Å²) in [5.74, 6) is -0.777. The van der Waals surface area contributed by atoms with E-state index >= 15 is 0 Å². The van der Waals surface area contributed by atoms with Gasteiger partial charge in [0.15, 0.2) is 0 Å². The smallest absolute Gasteiger partial charge is 0.134 e. The minimum atomic E-state index is -0.475. The molecule has 0 radical (unpaired) electrons. The third-order valence-corrected chi connectivity index (χ3v) is 4.07. The van der Waals surface area contributed by atoms with Crippen LogP contribution in [0.5, 0.6) is 0 Å². The van der Waals surface area contributed by atoms with Gasteiger partial charge in [-0.25, -0.2) is 8.78 Å². The van der Waals surface area contributed by atoms with Crippen molar-refractivity contribution in [3.05, 3.63) is 64.7 Å². The predicted octanol–water partition coefficient (Wildman–Crippen LogP) is 4.62. The first-order chi connectivity index (χ1) is 9.58. The molecule has 0 fully saturated rings. The molecule has 0 amide bonds. The van der Waals surface area contributed by atoms with E-state index in [9.17, 15) is 8.78 Å². The molecule has 1 aliphatic heterocycles. The quantitative estimate of drug-likeness (QED) is 0.799. The molecule has 2 aromatic carbocycles. The Bertz CT molecular complexity index is 651. The highest BCUT2D eigenvalue weighted by molar-refractivity contribution is 5.55. The second-order valence-electron chi connectivity index (χ2n) is 5.55. The average molecular weight is 273 g/mol. The van der Waals surface area contributed by atoms with Gasteiger partial charge in [0.25, 0.3) is 0 Å². The Morgan fingerprint density at radius 1 is 1.10 bits per heavy atom. The molecular formula is C17H17F2N. The summed E-state index contributed by atoms with van der Waals surface area (Å²) in [6.07, 6.45) is 0.820. The number of benzene rings is 2. The Morgan fingerprint density at radius 2 is 1.85 bits per heavy atom. The van der Waals surface area contributed by atoms with E-state index in [1.807, 2.05) is 25.1 Å². The van der Waals surface area contributed by atoms with Gasteiger partial charge in [-0.3, -0.25) is 0 Å². The second kappa shape index (κ2) is 4.89. The summed E-state index contributed by atoms with van der Waals surface area (Å²) in [6, 6.07) is 10.4. The van der Waals surface area contributed by atoms with Crippen molar-refractivity contribution in [2.24, 2.45) is 5.92 Å². The van der Waals surface area contributed by atoms with E-state index in [2.05, 4.69) is 11.4 Å². The highest BCUT2D eigenvalue weighted by Gasteiger charge is 2.30. The number of fused-ring (bicyclic) bond motifs is 1. The molecule has 20 heavy (non-hydrogen) atoms. The number of hydrogen-bond donors (Lipinski definition) is 1. The average Bonchev–Trinajstić information content (AvgIpc) is 2.44. The number of para-hydroxylation sites is 1. The van der Waals surface area contributed by atoms with Crippen molar-refractivity contribution in [2.45, 2.75) is 26.3 Å². The van der Waals surface area contributed by atoms with Crippen molar-refractivity contribution in [3.8, 4) is 0 Å².